The van der Waals surface area contributed by atoms with Gasteiger partial charge in [-0.1, -0.05) is 64.1 Å². The molecule has 0 bridgehead atoms. The lowest BCUT2D eigenvalue weighted by molar-refractivity contribution is 0.610. The van der Waals surface area contributed by atoms with E-state index in [-0.39, 0.29) is 12.4 Å². The number of hydrogen-bond acceptors (Lipinski definition) is 6. The molecule has 0 spiro atoms. The molecule has 1 aromatic heterocycles. The van der Waals surface area contributed by atoms with Gasteiger partial charge in [0, 0.05) is 17.0 Å². The van der Waals surface area contributed by atoms with E-state index in [9.17, 15) is 4.39 Å². The van der Waals surface area contributed by atoms with Crippen LogP contribution in [-0.2, 0) is 12.0 Å². The van der Waals surface area contributed by atoms with Gasteiger partial charge in [0.05, 0.1) is 23.2 Å². The SMILES string of the molecule is C=C(CCC)C1(C)C(=C)Nc2nc(C(N)=CC(CC(C)C)=NCc3ccccc3F)nc(N)c21. The number of allylic oxidation sites excluding steroid dienone is 2. The highest BCUT2D eigenvalue weighted by molar-refractivity contribution is 6.00. The fraction of sp³-hybridized carbons (Fsp3) is 0.370. The molecule has 180 valence electrons. The van der Waals surface area contributed by atoms with E-state index in [0.29, 0.717) is 41.1 Å². The maximum Gasteiger partial charge on any atom is 0.179 e. The molecule has 0 radical (unpaired) electrons. The second-order valence-corrected chi connectivity index (χ2v) is 9.33. The summed E-state index contributed by atoms with van der Waals surface area (Å²) in [6, 6.07) is 6.62. The molecule has 2 heterocycles. The van der Waals surface area contributed by atoms with Crippen molar-refractivity contribution in [3.8, 4) is 0 Å². The maximum absolute atomic E-state index is 14.0. The number of aliphatic imine (C=N–C) groups is 1. The highest BCUT2D eigenvalue weighted by Crippen LogP contribution is 2.49. The Labute approximate surface area is 201 Å². The summed E-state index contributed by atoms with van der Waals surface area (Å²) in [7, 11) is 0. The van der Waals surface area contributed by atoms with E-state index < -0.39 is 5.41 Å². The van der Waals surface area contributed by atoms with Gasteiger partial charge in [-0.25, -0.2) is 14.4 Å². The molecule has 1 aliphatic heterocycles. The minimum Gasteiger partial charge on any atom is -0.396 e. The van der Waals surface area contributed by atoms with Gasteiger partial charge < -0.3 is 16.8 Å². The average Bonchev–Trinajstić information content (AvgIpc) is 3.04. The Bertz CT molecular complexity index is 1160. The van der Waals surface area contributed by atoms with Gasteiger partial charge in [-0.05, 0) is 37.8 Å². The molecule has 5 N–H and O–H groups in total. The summed E-state index contributed by atoms with van der Waals surface area (Å²) in [5.74, 6) is 1.31. The first-order valence-corrected chi connectivity index (χ1v) is 11.6. The quantitative estimate of drug-likeness (QED) is 0.326. The average molecular weight is 463 g/mol. The predicted molar refractivity (Wildman–Crippen MR) is 140 cm³/mol. The number of anilines is 2. The summed E-state index contributed by atoms with van der Waals surface area (Å²) in [4.78, 5) is 13.8. The molecule has 1 aromatic carbocycles. The Morgan fingerprint density at radius 2 is 2.00 bits per heavy atom. The van der Waals surface area contributed by atoms with Crippen LogP contribution >= 0.6 is 0 Å². The van der Waals surface area contributed by atoms with Crippen molar-refractivity contribution in [2.45, 2.75) is 58.9 Å². The van der Waals surface area contributed by atoms with E-state index >= 15 is 0 Å². The van der Waals surface area contributed by atoms with Crippen molar-refractivity contribution in [3.05, 3.63) is 77.5 Å². The monoisotopic (exact) mass is 462 g/mol. The highest BCUT2D eigenvalue weighted by atomic mass is 19.1. The summed E-state index contributed by atoms with van der Waals surface area (Å²) in [5.41, 5.74) is 16.5. The van der Waals surface area contributed by atoms with Gasteiger partial charge in [-0.3, -0.25) is 4.99 Å². The Morgan fingerprint density at radius 1 is 1.29 bits per heavy atom. The van der Waals surface area contributed by atoms with Crippen molar-refractivity contribution >= 4 is 23.0 Å². The number of nitrogens with two attached hydrogens (primary N) is 2. The van der Waals surface area contributed by atoms with E-state index in [1.54, 1.807) is 24.3 Å². The van der Waals surface area contributed by atoms with Crippen molar-refractivity contribution < 1.29 is 4.39 Å². The first-order chi connectivity index (χ1) is 16.1. The molecule has 3 rings (SSSR count). The molecule has 0 fully saturated rings. The number of hydrogen-bond donors (Lipinski definition) is 3. The van der Waals surface area contributed by atoms with E-state index in [0.717, 1.165) is 35.4 Å². The number of nitrogens with zero attached hydrogens (tertiary/aromatic N) is 3. The van der Waals surface area contributed by atoms with Crippen molar-refractivity contribution in [1.29, 1.82) is 0 Å². The molecule has 0 saturated carbocycles. The van der Waals surface area contributed by atoms with Gasteiger partial charge in [0.25, 0.3) is 0 Å². The smallest absolute Gasteiger partial charge is 0.179 e. The summed E-state index contributed by atoms with van der Waals surface area (Å²) in [6.07, 6.45) is 4.24. The third-order valence-corrected chi connectivity index (χ3v) is 6.18. The first-order valence-electron chi connectivity index (χ1n) is 11.6. The Kier molecular flexibility index (Phi) is 7.54. The number of fused-ring (bicyclic) bond motifs is 1. The molecule has 34 heavy (non-hydrogen) atoms. The lowest BCUT2D eigenvalue weighted by atomic mass is 9.75. The fourth-order valence-corrected chi connectivity index (χ4v) is 4.20. The van der Waals surface area contributed by atoms with Crippen LogP contribution in [0.1, 0.15) is 63.9 Å². The molecule has 2 aromatic rings. The molecule has 1 atom stereocenters. The van der Waals surface area contributed by atoms with Gasteiger partial charge in [0.1, 0.15) is 17.5 Å². The summed E-state index contributed by atoms with van der Waals surface area (Å²) < 4.78 is 14.0. The number of aromatic nitrogens is 2. The van der Waals surface area contributed by atoms with Crippen LogP contribution in [0, 0.1) is 11.7 Å². The van der Waals surface area contributed by atoms with Gasteiger partial charge in [-0.15, -0.1) is 0 Å². The minimum absolute atomic E-state index is 0.227. The minimum atomic E-state index is -0.545. The number of nitrogen functional groups attached to an aromatic ring is 1. The standard InChI is InChI=1S/C27H35FN6/c1-7-10-17(4)27(6)18(5)32-26-23(27)24(30)33-25(34-26)22(29)14-20(13-16(2)3)31-15-19-11-8-9-12-21(19)28/h8-9,11-12,14,16H,4-5,7,10,13,15,29H2,1-3,6H3,(H3,30,32,33,34). The molecular formula is C27H35FN6. The molecule has 7 heteroatoms. The largest absolute Gasteiger partial charge is 0.396 e. The Hall–Kier alpha value is -3.48. The van der Waals surface area contributed by atoms with Crippen molar-refractivity contribution in [2.24, 2.45) is 16.6 Å². The number of rotatable bonds is 9. The van der Waals surface area contributed by atoms with E-state index in [2.05, 4.69) is 54.2 Å². The lowest BCUT2D eigenvalue weighted by Crippen LogP contribution is -2.25. The number of benzene rings is 1. The van der Waals surface area contributed by atoms with Crippen LogP contribution < -0.4 is 16.8 Å². The zero-order valence-electron chi connectivity index (χ0n) is 20.6. The molecule has 1 unspecified atom stereocenters. The highest BCUT2D eigenvalue weighted by Gasteiger charge is 2.43. The lowest BCUT2D eigenvalue weighted by Gasteiger charge is -2.28. The van der Waals surface area contributed by atoms with Crippen molar-refractivity contribution in [3.63, 3.8) is 0 Å². The second-order valence-electron chi connectivity index (χ2n) is 9.33. The van der Waals surface area contributed by atoms with Crippen LogP contribution in [0.15, 0.2) is 59.8 Å². The zero-order valence-corrected chi connectivity index (χ0v) is 20.6. The second kappa shape index (κ2) is 10.2. The number of nitrogens with one attached hydrogen (secondary N) is 1. The predicted octanol–water partition coefficient (Wildman–Crippen LogP) is 5.74. The maximum atomic E-state index is 14.0. The van der Waals surface area contributed by atoms with Crippen LogP contribution in [0.4, 0.5) is 16.0 Å². The van der Waals surface area contributed by atoms with E-state index in [4.69, 9.17) is 11.5 Å². The van der Waals surface area contributed by atoms with E-state index in [1.165, 1.54) is 6.07 Å². The van der Waals surface area contributed by atoms with Crippen LogP contribution in [0.3, 0.4) is 0 Å². The summed E-state index contributed by atoms with van der Waals surface area (Å²) in [6.45, 7) is 17.0. The molecule has 0 aliphatic carbocycles. The Morgan fingerprint density at radius 3 is 2.65 bits per heavy atom. The topological polar surface area (TPSA) is 102 Å². The molecule has 6 nitrogen and oxygen atoms in total. The van der Waals surface area contributed by atoms with Gasteiger partial charge >= 0.3 is 0 Å². The van der Waals surface area contributed by atoms with Crippen LogP contribution in [0.25, 0.3) is 5.70 Å². The normalized spacial score (nSPS) is 18.2. The Balaban J connectivity index is 1.96. The molecule has 0 saturated heterocycles. The third-order valence-electron chi connectivity index (χ3n) is 6.18. The summed E-state index contributed by atoms with van der Waals surface area (Å²) in [5, 5.41) is 3.26. The zero-order chi connectivity index (χ0) is 25.0. The third kappa shape index (κ3) is 5.03. The van der Waals surface area contributed by atoms with Crippen LogP contribution in [0.5, 0.6) is 0 Å². The molecular weight excluding hydrogens is 427 g/mol. The van der Waals surface area contributed by atoms with E-state index in [1.807, 2.05) is 6.92 Å². The first kappa shape index (κ1) is 25.1. The van der Waals surface area contributed by atoms with Crippen molar-refractivity contribution in [2.75, 3.05) is 11.1 Å². The van der Waals surface area contributed by atoms with Crippen LogP contribution in [0.2, 0.25) is 0 Å². The number of halogens is 1. The molecule has 1 aliphatic rings. The molecule has 0 amide bonds. The van der Waals surface area contributed by atoms with Crippen LogP contribution in [-0.4, -0.2) is 15.7 Å². The summed E-state index contributed by atoms with van der Waals surface area (Å²) >= 11 is 0. The van der Waals surface area contributed by atoms with Gasteiger partial charge in [-0.2, -0.15) is 0 Å². The van der Waals surface area contributed by atoms with Gasteiger partial charge in [0.2, 0.25) is 0 Å². The fourth-order valence-electron chi connectivity index (χ4n) is 4.20. The van der Waals surface area contributed by atoms with Gasteiger partial charge in [0.15, 0.2) is 5.82 Å². The van der Waals surface area contributed by atoms with Crippen molar-refractivity contribution in [1.82, 2.24) is 9.97 Å².